The lowest BCUT2D eigenvalue weighted by atomic mass is 9.96. The van der Waals surface area contributed by atoms with Gasteiger partial charge >= 0.3 is 0 Å². The number of hydrogen-bond donors (Lipinski definition) is 1. The molecule has 0 bridgehead atoms. The zero-order valence-electron chi connectivity index (χ0n) is 10.9. The van der Waals surface area contributed by atoms with Crippen molar-refractivity contribution in [2.45, 2.75) is 32.3 Å². The predicted molar refractivity (Wildman–Crippen MR) is 73.8 cm³/mol. The number of benzene rings is 1. The second-order valence-electron chi connectivity index (χ2n) is 4.51. The second kappa shape index (κ2) is 7.70. The fourth-order valence-corrected chi connectivity index (χ4v) is 1.94. The number of likely N-dealkylation sites (N-methyl/N-ethyl adjacent to an activating group) is 1. The van der Waals surface area contributed by atoms with Crippen molar-refractivity contribution in [2.75, 3.05) is 20.2 Å². The maximum Gasteiger partial charge on any atom is 0.0518 e. The first-order valence-electron chi connectivity index (χ1n) is 6.15. The second-order valence-corrected chi connectivity index (χ2v) is 4.95. The Kier molecular flexibility index (Phi) is 6.56. The number of ether oxygens (including phenoxy) is 1. The average molecular weight is 256 g/mol. The lowest BCUT2D eigenvalue weighted by Gasteiger charge is -2.18. The van der Waals surface area contributed by atoms with Gasteiger partial charge in [-0.3, -0.25) is 0 Å². The molecule has 0 aliphatic heterocycles. The van der Waals surface area contributed by atoms with Gasteiger partial charge in [0.1, 0.15) is 0 Å². The van der Waals surface area contributed by atoms with Crippen molar-refractivity contribution in [2.24, 2.45) is 0 Å². The Morgan fingerprint density at radius 2 is 1.88 bits per heavy atom. The van der Waals surface area contributed by atoms with Crippen LogP contribution in [0.2, 0.25) is 5.02 Å². The number of halogens is 1. The molecule has 3 heteroatoms. The van der Waals surface area contributed by atoms with E-state index in [9.17, 15) is 0 Å². The molecule has 0 amide bonds. The summed E-state index contributed by atoms with van der Waals surface area (Å²) in [4.78, 5) is 0. The Balaban J connectivity index is 2.55. The van der Waals surface area contributed by atoms with Crippen LogP contribution in [0.4, 0.5) is 0 Å². The Hall–Kier alpha value is -0.570. The van der Waals surface area contributed by atoms with E-state index in [1.54, 1.807) is 0 Å². The molecule has 0 aliphatic carbocycles. The third-order valence-electron chi connectivity index (χ3n) is 2.71. The van der Waals surface area contributed by atoms with Crippen LogP contribution in [0, 0.1) is 0 Å². The van der Waals surface area contributed by atoms with Crippen LogP contribution in [0.5, 0.6) is 0 Å². The summed E-state index contributed by atoms with van der Waals surface area (Å²) >= 11 is 5.90. The van der Waals surface area contributed by atoms with E-state index in [4.69, 9.17) is 16.3 Å². The molecular formula is C14H22ClNO. The Morgan fingerprint density at radius 3 is 2.41 bits per heavy atom. The molecule has 0 fully saturated rings. The van der Waals surface area contributed by atoms with Crippen LogP contribution in [0.15, 0.2) is 24.3 Å². The first kappa shape index (κ1) is 14.5. The van der Waals surface area contributed by atoms with E-state index < -0.39 is 0 Å². The maximum atomic E-state index is 5.90. The highest BCUT2D eigenvalue weighted by atomic mass is 35.5. The van der Waals surface area contributed by atoms with Crippen LogP contribution in [-0.2, 0) is 4.74 Å². The molecule has 96 valence electrons. The van der Waals surface area contributed by atoms with E-state index in [1.165, 1.54) is 5.56 Å². The summed E-state index contributed by atoms with van der Waals surface area (Å²) in [6.45, 7) is 5.89. The van der Waals surface area contributed by atoms with E-state index in [0.29, 0.717) is 12.0 Å². The smallest absolute Gasteiger partial charge is 0.0518 e. The largest absolute Gasteiger partial charge is 0.379 e. The minimum absolute atomic E-state index is 0.301. The van der Waals surface area contributed by atoms with Gasteiger partial charge in [-0.05, 0) is 50.9 Å². The molecule has 0 saturated carbocycles. The molecule has 0 heterocycles. The minimum atomic E-state index is 0.301. The molecule has 0 spiro atoms. The van der Waals surface area contributed by atoms with Crippen LogP contribution in [0.1, 0.15) is 31.7 Å². The molecule has 0 radical (unpaired) electrons. The molecular weight excluding hydrogens is 234 g/mol. The van der Waals surface area contributed by atoms with Crippen LogP contribution in [0.3, 0.4) is 0 Å². The summed E-state index contributed by atoms with van der Waals surface area (Å²) in [5, 5.41) is 4.02. The van der Waals surface area contributed by atoms with Crippen molar-refractivity contribution in [3.05, 3.63) is 34.9 Å². The fraction of sp³-hybridized carbons (Fsp3) is 0.571. The number of rotatable bonds is 7. The minimum Gasteiger partial charge on any atom is -0.379 e. The van der Waals surface area contributed by atoms with E-state index in [0.717, 1.165) is 24.6 Å². The van der Waals surface area contributed by atoms with Gasteiger partial charge in [0, 0.05) is 18.2 Å². The van der Waals surface area contributed by atoms with E-state index in [1.807, 2.05) is 19.2 Å². The van der Waals surface area contributed by atoms with Gasteiger partial charge in [-0.25, -0.2) is 0 Å². The number of hydrogen-bond acceptors (Lipinski definition) is 2. The topological polar surface area (TPSA) is 21.3 Å². The van der Waals surface area contributed by atoms with E-state index >= 15 is 0 Å². The molecule has 0 aliphatic rings. The first-order valence-corrected chi connectivity index (χ1v) is 6.53. The van der Waals surface area contributed by atoms with E-state index in [2.05, 4.69) is 31.3 Å². The van der Waals surface area contributed by atoms with Crippen molar-refractivity contribution in [1.29, 1.82) is 0 Å². The Morgan fingerprint density at radius 1 is 1.24 bits per heavy atom. The van der Waals surface area contributed by atoms with Crippen LogP contribution in [-0.4, -0.2) is 26.3 Å². The van der Waals surface area contributed by atoms with Crippen molar-refractivity contribution in [1.82, 2.24) is 5.32 Å². The summed E-state index contributed by atoms with van der Waals surface area (Å²) in [5.41, 5.74) is 1.32. The number of nitrogens with one attached hydrogen (secondary N) is 1. The highest BCUT2D eigenvalue weighted by Gasteiger charge is 2.10. The molecule has 17 heavy (non-hydrogen) atoms. The predicted octanol–water partition coefficient (Wildman–Crippen LogP) is 3.46. The lowest BCUT2D eigenvalue weighted by molar-refractivity contribution is 0.0734. The van der Waals surface area contributed by atoms with Gasteiger partial charge in [0.15, 0.2) is 0 Å². The van der Waals surface area contributed by atoms with Gasteiger partial charge in [-0.1, -0.05) is 23.7 Å². The SMILES string of the molecule is CNCC(CCOC(C)C)c1ccc(Cl)cc1. The van der Waals surface area contributed by atoms with Gasteiger partial charge < -0.3 is 10.1 Å². The van der Waals surface area contributed by atoms with Gasteiger partial charge in [0.05, 0.1) is 6.10 Å². The molecule has 1 aromatic carbocycles. The van der Waals surface area contributed by atoms with Crippen molar-refractivity contribution >= 4 is 11.6 Å². The maximum absolute atomic E-state index is 5.90. The molecule has 1 N–H and O–H groups in total. The monoisotopic (exact) mass is 255 g/mol. The van der Waals surface area contributed by atoms with Crippen molar-refractivity contribution in [3.8, 4) is 0 Å². The van der Waals surface area contributed by atoms with E-state index in [-0.39, 0.29) is 0 Å². The normalized spacial score (nSPS) is 13.0. The van der Waals surface area contributed by atoms with Gasteiger partial charge in [0.2, 0.25) is 0 Å². The summed E-state index contributed by atoms with van der Waals surface area (Å²) in [6, 6.07) is 8.09. The van der Waals surface area contributed by atoms with Crippen LogP contribution >= 0.6 is 11.6 Å². The summed E-state index contributed by atoms with van der Waals surface area (Å²) < 4.78 is 5.61. The molecule has 1 atom stereocenters. The van der Waals surface area contributed by atoms with Gasteiger partial charge in [-0.15, -0.1) is 0 Å². The van der Waals surface area contributed by atoms with Crippen LogP contribution < -0.4 is 5.32 Å². The summed E-state index contributed by atoms with van der Waals surface area (Å²) in [6.07, 6.45) is 1.33. The third-order valence-corrected chi connectivity index (χ3v) is 2.96. The van der Waals surface area contributed by atoms with Crippen molar-refractivity contribution in [3.63, 3.8) is 0 Å². The molecule has 2 nitrogen and oxygen atoms in total. The highest BCUT2D eigenvalue weighted by Crippen LogP contribution is 2.21. The molecule has 0 aromatic heterocycles. The zero-order valence-corrected chi connectivity index (χ0v) is 11.6. The highest BCUT2D eigenvalue weighted by molar-refractivity contribution is 6.30. The fourth-order valence-electron chi connectivity index (χ4n) is 1.81. The zero-order chi connectivity index (χ0) is 12.7. The van der Waals surface area contributed by atoms with Gasteiger partial charge in [-0.2, -0.15) is 0 Å². The third kappa shape index (κ3) is 5.53. The Bertz CT molecular complexity index is 311. The molecule has 0 saturated heterocycles. The summed E-state index contributed by atoms with van der Waals surface area (Å²) in [5.74, 6) is 0.482. The Labute approximate surface area is 109 Å². The first-order chi connectivity index (χ1) is 8.13. The summed E-state index contributed by atoms with van der Waals surface area (Å²) in [7, 11) is 1.98. The van der Waals surface area contributed by atoms with Crippen molar-refractivity contribution < 1.29 is 4.74 Å². The quantitative estimate of drug-likeness (QED) is 0.806. The molecule has 1 rings (SSSR count). The molecule has 1 aromatic rings. The standard InChI is InChI=1S/C14H22ClNO/c1-11(2)17-9-8-13(10-16-3)12-4-6-14(15)7-5-12/h4-7,11,13,16H,8-10H2,1-3H3. The van der Waals surface area contributed by atoms with Gasteiger partial charge in [0.25, 0.3) is 0 Å². The molecule has 1 unspecified atom stereocenters. The average Bonchev–Trinajstić information content (AvgIpc) is 2.29. The lowest BCUT2D eigenvalue weighted by Crippen LogP contribution is -2.19. The van der Waals surface area contributed by atoms with Crippen LogP contribution in [0.25, 0.3) is 0 Å².